The number of carbonyl (C=O) groups excluding carboxylic acids is 2. The van der Waals surface area contributed by atoms with Gasteiger partial charge >= 0.3 is 12.1 Å². The van der Waals surface area contributed by atoms with Crippen LogP contribution in [-0.2, 0) is 32.5 Å². The van der Waals surface area contributed by atoms with Gasteiger partial charge in [-0.1, -0.05) is 45.4 Å². The molecular formula is C26H33F3N2O5S2. The SMILES string of the molecule is CCCCOC(=O)c1c(CC(C)C)sc(S(N)(=O)=O)c1-c1cccc(CN(CC(F)(F)F)C(=O)C2CC2)c1. The number of carbonyl (C=O) groups is 2. The summed E-state index contributed by atoms with van der Waals surface area (Å²) in [6, 6.07) is 6.18. The molecule has 0 atom stereocenters. The Morgan fingerprint density at radius 2 is 1.92 bits per heavy atom. The highest BCUT2D eigenvalue weighted by atomic mass is 32.2. The highest BCUT2D eigenvalue weighted by molar-refractivity contribution is 7.91. The number of thiophene rings is 1. The summed E-state index contributed by atoms with van der Waals surface area (Å²) in [7, 11) is -4.26. The molecule has 1 aromatic carbocycles. The van der Waals surface area contributed by atoms with E-state index in [2.05, 4.69) is 0 Å². The maximum atomic E-state index is 13.2. The smallest absolute Gasteiger partial charge is 0.406 e. The first-order valence-corrected chi connectivity index (χ1v) is 14.9. The van der Waals surface area contributed by atoms with Crippen LogP contribution in [0, 0.1) is 11.8 Å². The minimum absolute atomic E-state index is 0.0763. The average molecular weight is 575 g/mol. The zero-order valence-corrected chi connectivity index (χ0v) is 23.3. The highest BCUT2D eigenvalue weighted by Gasteiger charge is 2.39. The molecule has 2 N–H and O–H groups in total. The number of unbranched alkanes of at least 4 members (excludes halogenated alkanes) is 1. The molecule has 0 unspecified atom stereocenters. The van der Waals surface area contributed by atoms with Gasteiger partial charge in [-0.3, -0.25) is 4.79 Å². The molecule has 210 valence electrons. The van der Waals surface area contributed by atoms with E-state index < -0.39 is 40.5 Å². The van der Waals surface area contributed by atoms with Crippen molar-refractivity contribution in [3.63, 3.8) is 0 Å². The average Bonchev–Trinajstić information content (AvgIpc) is 3.57. The minimum atomic E-state index is -4.57. The maximum Gasteiger partial charge on any atom is 0.406 e. The number of rotatable bonds is 12. The van der Waals surface area contributed by atoms with Crippen molar-refractivity contribution in [1.82, 2.24) is 4.90 Å². The van der Waals surface area contributed by atoms with Gasteiger partial charge in [-0.05, 0) is 48.8 Å². The van der Waals surface area contributed by atoms with Gasteiger partial charge in [0, 0.05) is 22.9 Å². The van der Waals surface area contributed by atoms with Crippen LogP contribution in [0.5, 0.6) is 0 Å². The van der Waals surface area contributed by atoms with Crippen molar-refractivity contribution in [2.75, 3.05) is 13.2 Å². The molecule has 1 aromatic heterocycles. The van der Waals surface area contributed by atoms with Crippen molar-refractivity contribution in [2.45, 2.75) is 69.8 Å². The molecule has 0 aliphatic heterocycles. The number of ether oxygens (including phenoxy) is 1. The van der Waals surface area contributed by atoms with E-state index in [-0.39, 0.29) is 34.4 Å². The number of hydrogen-bond donors (Lipinski definition) is 1. The van der Waals surface area contributed by atoms with Gasteiger partial charge in [-0.15, -0.1) is 11.3 Å². The Morgan fingerprint density at radius 1 is 1.24 bits per heavy atom. The first kappa shape index (κ1) is 30.1. The number of halogens is 3. The maximum absolute atomic E-state index is 13.2. The molecule has 0 bridgehead atoms. The van der Waals surface area contributed by atoms with Crippen molar-refractivity contribution < 1.29 is 35.9 Å². The van der Waals surface area contributed by atoms with Crippen molar-refractivity contribution >= 4 is 33.2 Å². The summed E-state index contributed by atoms with van der Waals surface area (Å²) in [5.41, 5.74) is 0.837. The summed E-state index contributed by atoms with van der Waals surface area (Å²) in [4.78, 5) is 27.1. The van der Waals surface area contributed by atoms with Gasteiger partial charge < -0.3 is 9.64 Å². The Bertz CT molecular complexity index is 1270. The van der Waals surface area contributed by atoms with E-state index in [0.717, 1.165) is 22.7 Å². The van der Waals surface area contributed by atoms with Gasteiger partial charge in [0.1, 0.15) is 10.8 Å². The third-order valence-corrected chi connectivity index (χ3v) is 8.61. The fourth-order valence-corrected chi connectivity index (χ4v) is 6.61. The molecular weight excluding hydrogens is 541 g/mol. The van der Waals surface area contributed by atoms with E-state index >= 15 is 0 Å². The van der Waals surface area contributed by atoms with Crippen LogP contribution >= 0.6 is 11.3 Å². The highest BCUT2D eigenvalue weighted by Crippen LogP contribution is 2.41. The van der Waals surface area contributed by atoms with Crippen LogP contribution in [-0.4, -0.2) is 44.5 Å². The number of nitrogens with zero attached hydrogens (tertiary/aromatic N) is 1. The van der Waals surface area contributed by atoms with E-state index in [1.165, 1.54) is 6.07 Å². The molecule has 12 heteroatoms. The van der Waals surface area contributed by atoms with Gasteiger partial charge in [0.25, 0.3) is 0 Å². The molecule has 7 nitrogen and oxygen atoms in total. The Balaban J connectivity index is 2.10. The lowest BCUT2D eigenvalue weighted by molar-refractivity contribution is -0.163. The molecule has 1 aliphatic carbocycles. The first-order valence-electron chi connectivity index (χ1n) is 12.5. The molecule has 2 aromatic rings. The lowest BCUT2D eigenvalue weighted by Gasteiger charge is -2.24. The fourth-order valence-electron chi connectivity index (χ4n) is 4.09. The third kappa shape index (κ3) is 8.03. The second-order valence-electron chi connectivity index (χ2n) is 9.98. The normalized spacial score (nSPS) is 14.1. The van der Waals surface area contributed by atoms with Gasteiger partial charge in [0.05, 0.1) is 12.2 Å². The predicted molar refractivity (Wildman–Crippen MR) is 139 cm³/mol. The van der Waals surface area contributed by atoms with Crippen molar-refractivity contribution in [3.8, 4) is 11.1 Å². The second kappa shape index (κ2) is 12.2. The van der Waals surface area contributed by atoms with Crippen molar-refractivity contribution in [1.29, 1.82) is 0 Å². The second-order valence-corrected chi connectivity index (χ2v) is 12.8. The van der Waals surface area contributed by atoms with E-state index in [1.807, 2.05) is 20.8 Å². The summed E-state index contributed by atoms with van der Waals surface area (Å²) in [6.45, 7) is 4.25. The van der Waals surface area contributed by atoms with Gasteiger partial charge in [-0.2, -0.15) is 13.2 Å². The van der Waals surface area contributed by atoms with Crippen LogP contribution < -0.4 is 5.14 Å². The Morgan fingerprint density at radius 3 is 2.47 bits per heavy atom. The van der Waals surface area contributed by atoms with Crippen molar-refractivity contribution in [3.05, 3.63) is 40.3 Å². The van der Waals surface area contributed by atoms with Gasteiger partial charge in [-0.25, -0.2) is 18.4 Å². The molecule has 1 saturated carbocycles. The third-order valence-electron chi connectivity index (χ3n) is 5.93. The molecule has 0 radical (unpaired) electrons. The molecule has 1 aliphatic rings. The number of nitrogens with two attached hydrogens (primary N) is 1. The summed E-state index contributed by atoms with van der Waals surface area (Å²) < 4.78 is 70.2. The number of esters is 1. The molecule has 0 saturated heterocycles. The fraction of sp³-hybridized carbons (Fsp3) is 0.538. The lowest BCUT2D eigenvalue weighted by atomic mass is 9.98. The number of benzene rings is 1. The van der Waals surface area contributed by atoms with Crippen LogP contribution in [0.1, 0.15) is 67.3 Å². The Kier molecular flexibility index (Phi) is 9.64. The van der Waals surface area contributed by atoms with E-state index in [4.69, 9.17) is 9.88 Å². The van der Waals surface area contributed by atoms with E-state index in [1.54, 1.807) is 18.2 Å². The minimum Gasteiger partial charge on any atom is -0.462 e. The number of primary sulfonamides is 1. The molecule has 0 spiro atoms. The quantitative estimate of drug-likeness (QED) is 0.265. The zero-order valence-electron chi connectivity index (χ0n) is 21.6. The van der Waals surface area contributed by atoms with Gasteiger partial charge in [0.15, 0.2) is 0 Å². The molecule has 1 heterocycles. The number of sulfonamides is 1. The standard InChI is InChI=1S/C26H33F3N2O5S2/c1-4-5-11-36-24(33)22-20(12-16(2)3)37-25(38(30,34)35)21(22)19-8-6-7-17(13-19)14-31(15-26(27,28)29)23(32)18-9-10-18/h6-8,13,16,18H,4-5,9-12,14-15H2,1-3H3,(H2,30,34,35). The number of alkyl halides is 3. The summed E-state index contributed by atoms with van der Waals surface area (Å²) in [5.74, 6) is -1.56. The number of hydrogen-bond acceptors (Lipinski definition) is 6. The Hall–Kier alpha value is -2.44. The lowest BCUT2D eigenvalue weighted by Crippen LogP contribution is -2.39. The predicted octanol–water partition coefficient (Wildman–Crippen LogP) is 5.52. The zero-order chi connectivity index (χ0) is 28.3. The molecule has 1 fully saturated rings. The van der Waals surface area contributed by atoms with Crippen LogP contribution in [0.25, 0.3) is 11.1 Å². The topological polar surface area (TPSA) is 107 Å². The largest absolute Gasteiger partial charge is 0.462 e. The summed E-state index contributed by atoms with van der Waals surface area (Å²) >= 11 is 0.901. The first-order chi connectivity index (χ1) is 17.7. The molecule has 1 amide bonds. The van der Waals surface area contributed by atoms with Crippen LogP contribution in [0.15, 0.2) is 28.5 Å². The Labute approximate surface area is 225 Å². The van der Waals surface area contributed by atoms with E-state index in [0.29, 0.717) is 41.7 Å². The van der Waals surface area contributed by atoms with E-state index in [9.17, 15) is 31.2 Å². The van der Waals surface area contributed by atoms with Gasteiger partial charge in [0.2, 0.25) is 15.9 Å². The van der Waals surface area contributed by atoms with Crippen LogP contribution in [0.3, 0.4) is 0 Å². The monoisotopic (exact) mass is 574 g/mol. The number of amides is 1. The molecule has 3 rings (SSSR count). The summed E-state index contributed by atoms with van der Waals surface area (Å²) in [6.07, 6.45) is -1.63. The van der Waals surface area contributed by atoms with Crippen LogP contribution in [0.4, 0.5) is 13.2 Å². The van der Waals surface area contributed by atoms with Crippen molar-refractivity contribution in [2.24, 2.45) is 17.0 Å². The summed E-state index contributed by atoms with van der Waals surface area (Å²) in [5, 5.41) is 5.55. The molecule has 38 heavy (non-hydrogen) atoms. The van der Waals surface area contributed by atoms with Crippen LogP contribution in [0.2, 0.25) is 0 Å².